The zero-order chi connectivity index (χ0) is 12.3. The fourth-order valence-corrected chi connectivity index (χ4v) is 1.11. The first-order chi connectivity index (χ1) is 7.51. The van der Waals surface area contributed by atoms with Gasteiger partial charge in [-0.15, -0.1) is 0 Å². The number of benzene rings is 1. The van der Waals surface area contributed by atoms with Gasteiger partial charge in [0.25, 0.3) is 11.4 Å². The second-order valence-corrected chi connectivity index (χ2v) is 2.67. The van der Waals surface area contributed by atoms with E-state index in [2.05, 4.69) is 4.74 Å². The number of methoxy groups -OCH3 is 1. The van der Waals surface area contributed by atoms with Gasteiger partial charge in [-0.1, -0.05) is 0 Å². The lowest BCUT2D eigenvalue weighted by Crippen LogP contribution is -1.99. The Kier molecular flexibility index (Phi) is 3.00. The van der Waals surface area contributed by atoms with Crippen LogP contribution in [0.5, 0.6) is 5.75 Å². The van der Waals surface area contributed by atoms with Gasteiger partial charge in [0.15, 0.2) is 0 Å². The van der Waals surface area contributed by atoms with Crippen LogP contribution in [0.1, 0.15) is 5.56 Å². The molecule has 0 aliphatic heterocycles. The number of nitro benzene ring substituents is 2. The highest BCUT2D eigenvalue weighted by Crippen LogP contribution is 2.32. The summed E-state index contributed by atoms with van der Waals surface area (Å²) in [4.78, 5) is 19.5. The number of hydrogen-bond acceptors (Lipinski definition) is 6. The highest BCUT2D eigenvalue weighted by atomic mass is 16.6. The van der Waals surface area contributed by atoms with Crippen molar-refractivity contribution in [3.63, 3.8) is 0 Å². The minimum absolute atomic E-state index is 0.0441. The highest BCUT2D eigenvalue weighted by molar-refractivity contribution is 5.64. The Morgan fingerprint density at radius 2 is 1.69 bits per heavy atom. The summed E-state index contributed by atoms with van der Waals surface area (Å²) in [6.45, 7) is 0. The second kappa shape index (κ2) is 4.22. The molecule has 1 rings (SSSR count). The van der Waals surface area contributed by atoms with Gasteiger partial charge in [0, 0.05) is 0 Å². The summed E-state index contributed by atoms with van der Waals surface area (Å²) >= 11 is 0. The van der Waals surface area contributed by atoms with Crippen LogP contribution in [0.25, 0.3) is 0 Å². The van der Waals surface area contributed by atoms with Crippen molar-refractivity contribution in [1.29, 1.82) is 5.26 Å². The predicted molar refractivity (Wildman–Crippen MR) is 51.0 cm³/mol. The molecule has 0 aliphatic rings. The molecule has 0 N–H and O–H groups in total. The summed E-state index contributed by atoms with van der Waals surface area (Å²) in [5.74, 6) is -0.0441. The van der Waals surface area contributed by atoms with Crippen molar-refractivity contribution in [2.24, 2.45) is 0 Å². The summed E-state index contributed by atoms with van der Waals surface area (Å²) in [5, 5.41) is 29.9. The maximum atomic E-state index is 10.6. The van der Waals surface area contributed by atoms with Gasteiger partial charge in [-0.2, -0.15) is 5.26 Å². The Hall–Kier alpha value is -2.69. The molecule has 8 nitrogen and oxygen atoms in total. The van der Waals surface area contributed by atoms with E-state index in [-0.39, 0.29) is 5.75 Å². The first-order valence-electron chi connectivity index (χ1n) is 3.92. The molecule has 1 aromatic rings. The average molecular weight is 223 g/mol. The van der Waals surface area contributed by atoms with Gasteiger partial charge in [0.05, 0.1) is 29.1 Å². The Labute approximate surface area is 89.0 Å². The van der Waals surface area contributed by atoms with E-state index >= 15 is 0 Å². The van der Waals surface area contributed by atoms with Crippen molar-refractivity contribution < 1.29 is 14.6 Å². The second-order valence-electron chi connectivity index (χ2n) is 2.67. The molecule has 0 radical (unpaired) electrons. The molecule has 1 aromatic carbocycles. The van der Waals surface area contributed by atoms with Crippen LogP contribution in [-0.2, 0) is 0 Å². The van der Waals surface area contributed by atoms with Crippen LogP contribution in [-0.4, -0.2) is 17.0 Å². The van der Waals surface area contributed by atoms with Gasteiger partial charge >= 0.3 is 0 Å². The van der Waals surface area contributed by atoms with Crippen LogP contribution in [0.15, 0.2) is 12.1 Å². The average Bonchev–Trinajstić information content (AvgIpc) is 2.26. The number of nitriles is 1. The minimum Gasteiger partial charge on any atom is -0.496 e. The van der Waals surface area contributed by atoms with Gasteiger partial charge in [-0.3, -0.25) is 20.2 Å². The highest BCUT2D eigenvalue weighted by Gasteiger charge is 2.26. The lowest BCUT2D eigenvalue weighted by Gasteiger charge is -2.01. The normalized spacial score (nSPS) is 9.25. The lowest BCUT2D eigenvalue weighted by atomic mass is 10.1. The van der Waals surface area contributed by atoms with Crippen molar-refractivity contribution in [1.82, 2.24) is 0 Å². The molecule has 0 spiro atoms. The molecule has 0 bridgehead atoms. The van der Waals surface area contributed by atoms with Crippen molar-refractivity contribution in [2.45, 2.75) is 0 Å². The summed E-state index contributed by atoms with van der Waals surface area (Å²) in [7, 11) is 1.22. The third-order valence-corrected chi connectivity index (χ3v) is 1.81. The topological polar surface area (TPSA) is 119 Å². The molecule has 0 saturated carbocycles. The molecule has 0 unspecified atom stereocenters. The molecule has 0 aromatic heterocycles. The van der Waals surface area contributed by atoms with Gasteiger partial charge in [0.1, 0.15) is 11.8 Å². The number of rotatable bonds is 3. The largest absolute Gasteiger partial charge is 0.496 e. The van der Waals surface area contributed by atoms with Crippen LogP contribution in [0.4, 0.5) is 11.4 Å². The molecule has 8 heteroatoms. The van der Waals surface area contributed by atoms with Gasteiger partial charge in [-0.25, -0.2) is 0 Å². The maximum Gasteiger partial charge on any atom is 0.297 e. The fraction of sp³-hybridized carbons (Fsp3) is 0.125. The SMILES string of the molecule is COc1cc([N+](=O)[O-])c(C#N)c([N+](=O)[O-])c1. The maximum absolute atomic E-state index is 10.6. The van der Waals surface area contributed by atoms with Crippen LogP contribution in [0.3, 0.4) is 0 Å². The van der Waals surface area contributed by atoms with E-state index < -0.39 is 26.8 Å². The molecule has 0 amide bonds. The summed E-state index contributed by atoms with van der Waals surface area (Å²) in [5.41, 5.74) is -1.88. The van der Waals surface area contributed by atoms with E-state index in [0.717, 1.165) is 12.1 Å². The molecular formula is C8H5N3O5. The molecular weight excluding hydrogens is 218 g/mol. The van der Waals surface area contributed by atoms with E-state index in [9.17, 15) is 20.2 Å². The zero-order valence-corrected chi connectivity index (χ0v) is 8.04. The fourth-order valence-electron chi connectivity index (χ4n) is 1.11. The van der Waals surface area contributed by atoms with Gasteiger partial charge < -0.3 is 4.74 Å². The van der Waals surface area contributed by atoms with Gasteiger partial charge in [0.2, 0.25) is 5.56 Å². The van der Waals surface area contributed by atoms with Crippen LogP contribution in [0, 0.1) is 31.6 Å². The van der Waals surface area contributed by atoms with E-state index in [1.54, 1.807) is 0 Å². The zero-order valence-electron chi connectivity index (χ0n) is 8.04. The first kappa shape index (κ1) is 11.4. The monoisotopic (exact) mass is 223 g/mol. The molecule has 0 heterocycles. The summed E-state index contributed by atoms with van der Waals surface area (Å²) < 4.78 is 4.68. The Morgan fingerprint density at radius 3 is 1.94 bits per heavy atom. The van der Waals surface area contributed by atoms with Crippen LogP contribution >= 0.6 is 0 Å². The standard InChI is InChI=1S/C8H5N3O5/c1-16-5-2-7(10(12)13)6(4-9)8(3-5)11(14)15/h2-3H,1H3. The summed E-state index contributed by atoms with van der Waals surface area (Å²) in [6.07, 6.45) is 0. The molecule has 0 aliphatic carbocycles. The number of hydrogen-bond donors (Lipinski definition) is 0. The number of ether oxygens (including phenoxy) is 1. The molecule has 82 valence electrons. The lowest BCUT2D eigenvalue weighted by molar-refractivity contribution is -0.394. The Balaban J connectivity index is 3.61. The predicted octanol–water partition coefficient (Wildman–Crippen LogP) is 1.38. The van der Waals surface area contributed by atoms with E-state index in [1.165, 1.54) is 13.2 Å². The minimum atomic E-state index is -0.867. The van der Waals surface area contributed by atoms with Crippen LogP contribution < -0.4 is 4.74 Å². The number of nitrogens with zero attached hydrogens (tertiary/aromatic N) is 3. The Morgan fingerprint density at radius 1 is 1.25 bits per heavy atom. The van der Waals surface area contributed by atoms with Crippen molar-refractivity contribution in [3.8, 4) is 11.8 Å². The van der Waals surface area contributed by atoms with Crippen molar-refractivity contribution in [2.75, 3.05) is 7.11 Å². The molecule has 0 saturated heterocycles. The third kappa shape index (κ3) is 1.88. The molecule has 16 heavy (non-hydrogen) atoms. The van der Waals surface area contributed by atoms with Crippen LogP contribution in [0.2, 0.25) is 0 Å². The van der Waals surface area contributed by atoms with Crippen molar-refractivity contribution >= 4 is 11.4 Å². The quantitative estimate of drug-likeness (QED) is 0.563. The Bertz CT molecular complexity index is 470. The smallest absolute Gasteiger partial charge is 0.297 e. The molecule has 0 atom stereocenters. The number of nitro groups is 2. The third-order valence-electron chi connectivity index (χ3n) is 1.81. The van der Waals surface area contributed by atoms with E-state index in [0.29, 0.717) is 0 Å². The van der Waals surface area contributed by atoms with Gasteiger partial charge in [-0.05, 0) is 0 Å². The van der Waals surface area contributed by atoms with E-state index in [1.807, 2.05) is 0 Å². The molecule has 0 fully saturated rings. The van der Waals surface area contributed by atoms with Crippen molar-refractivity contribution in [3.05, 3.63) is 37.9 Å². The summed E-state index contributed by atoms with van der Waals surface area (Å²) in [6, 6.07) is 3.37. The van der Waals surface area contributed by atoms with E-state index in [4.69, 9.17) is 5.26 Å². The first-order valence-corrected chi connectivity index (χ1v) is 3.92.